The number of hydrogen-bond donors (Lipinski definition) is 3. The molecule has 4 atom stereocenters. The molecule has 1 aliphatic heterocycles. The van der Waals surface area contributed by atoms with E-state index in [0.717, 1.165) is 30.7 Å². The number of carbonyl (C=O) groups is 1. The molecule has 1 aromatic carbocycles. The minimum atomic E-state index is -0.147. The molecule has 1 amide bonds. The summed E-state index contributed by atoms with van der Waals surface area (Å²) in [5, 5.41) is 12.2. The van der Waals surface area contributed by atoms with Gasteiger partial charge in [0, 0.05) is 18.3 Å². The molecule has 0 radical (unpaired) electrons. The molecule has 1 saturated heterocycles. The van der Waals surface area contributed by atoms with Crippen LogP contribution in [-0.2, 0) is 0 Å². The van der Waals surface area contributed by atoms with Gasteiger partial charge < -0.3 is 5.32 Å². The zero-order valence-corrected chi connectivity index (χ0v) is 17.2. The molecule has 3 fully saturated rings. The van der Waals surface area contributed by atoms with Gasteiger partial charge in [-0.2, -0.15) is 5.26 Å². The zero-order chi connectivity index (χ0) is 20.7. The number of hydrogen-bond acceptors (Lipinski definition) is 5. The highest BCUT2D eigenvalue weighted by Crippen LogP contribution is 2.43. The summed E-state index contributed by atoms with van der Waals surface area (Å²) in [4.78, 5) is 17.0. The molecule has 30 heavy (non-hydrogen) atoms. The molecular weight excluding hydrogens is 374 g/mol. The summed E-state index contributed by atoms with van der Waals surface area (Å²) in [5.41, 5.74) is 11.4. The van der Waals surface area contributed by atoms with Crippen molar-refractivity contribution < 1.29 is 4.79 Å². The van der Waals surface area contributed by atoms with Gasteiger partial charge in [0.15, 0.2) is 0 Å². The maximum absolute atomic E-state index is 12.8. The van der Waals surface area contributed by atoms with Gasteiger partial charge in [0.25, 0.3) is 5.91 Å². The van der Waals surface area contributed by atoms with E-state index >= 15 is 0 Å². The van der Waals surface area contributed by atoms with Crippen LogP contribution in [0.4, 0.5) is 0 Å². The lowest BCUT2D eigenvalue weighted by atomic mass is 9.77. The second-order valence-corrected chi connectivity index (χ2v) is 8.97. The van der Waals surface area contributed by atoms with Crippen LogP contribution in [0.3, 0.4) is 0 Å². The highest BCUT2D eigenvalue weighted by atomic mass is 16.1. The number of hydrazine groups is 1. The topological polar surface area (TPSA) is 89.8 Å². The number of nitriles is 1. The Balaban J connectivity index is 1.28. The number of benzene rings is 1. The van der Waals surface area contributed by atoms with E-state index in [-0.39, 0.29) is 18.0 Å². The first-order valence-electron chi connectivity index (χ1n) is 10.9. The van der Waals surface area contributed by atoms with Gasteiger partial charge in [-0.05, 0) is 73.6 Å². The van der Waals surface area contributed by atoms with Crippen molar-refractivity contribution in [2.45, 2.75) is 63.1 Å². The van der Waals surface area contributed by atoms with E-state index in [1.807, 2.05) is 6.92 Å². The van der Waals surface area contributed by atoms with Gasteiger partial charge in [-0.1, -0.05) is 24.3 Å². The summed E-state index contributed by atoms with van der Waals surface area (Å²) < 4.78 is 0. The second kappa shape index (κ2) is 7.82. The molecule has 5 rings (SSSR count). The van der Waals surface area contributed by atoms with Crippen LogP contribution < -0.4 is 16.2 Å². The monoisotopic (exact) mass is 401 g/mol. The van der Waals surface area contributed by atoms with E-state index in [0.29, 0.717) is 23.2 Å². The van der Waals surface area contributed by atoms with Crippen LogP contribution in [0.2, 0.25) is 0 Å². The maximum Gasteiger partial charge on any atom is 0.270 e. The van der Waals surface area contributed by atoms with Crippen molar-refractivity contribution in [1.82, 2.24) is 21.2 Å². The van der Waals surface area contributed by atoms with Gasteiger partial charge >= 0.3 is 0 Å². The Labute approximate surface area is 177 Å². The van der Waals surface area contributed by atoms with E-state index in [9.17, 15) is 4.79 Å². The molecule has 2 aliphatic carbocycles. The summed E-state index contributed by atoms with van der Waals surface area (Å²) in [5.74, 6) is 1.04. The Bertz CT molecular complexity index is 1010. The van der Waals surface area contributed by atoms with Gasteiger partial charge in [0.1, 0.15) is 11.8 Å². The minimum absolute atomic E-state index is 0.131. The normalized spacial score (nSPS) is 27.9. The fourth-order valence-electron chi connectivity index (χ4n) is 5.07. The van der Waals surface area contributed by atoms with E-state index in [1.165, 1.54) is 30.2 Å². The summed E-state index contributed by atoms with van der Waals surface area (Å²) in [7, 11) is 0. The lowest BCUT2D eigenvalue weighted by Gasteiger charge is -2.33. The lowest BCUT2D eigenvalue weighted by Crippen LogP contribution is -2.44. The van der Waals surface area contributed by atoms with Gasteiger partial charge in [-0.3, -0.25) is 10.2 Å². The van der Waals surface area contributed by atoms with Gasteiger partial charge in [-0.15, -0.1) is 0 Å². The molecule has 1 aromatic heterocycles. The number of pyridine rings is 1. The van der Waals surface area contributed by atoms with Crippen molar-refractivity contribution in [2.24, 2.45) is 5.92 Å². The first-order valence-corrected chi connectivity index (χ1v) is 10.9. The summed E-state index contributed by atoms with van der Waals surface area (Å²) in [6, 6.07) is 13.6. The number of aryl methyl sites for hydroxylation is 1. The van der Waals surface area contributed by atoms with E-state index in [2.05, 4.69) is 51.5 Å². The maximum atomic E-state index is 12.8. The average molecular weight is 402 g/mol. The molecular formula is C24H27N5O. The van der Waals surface area contributed by atoms with Gasteiger partial charge in [0.05, 0.1) is 11.6 Å². The van der Waals surface area contributed by atoms with Crippen LogP contribution in [0.5, 0.6) is 0 Å². The van der Waals surface area contributed by atoms with Crippen LogP contribution in [0, 0.1) is 24.2 Å². The van der Waals surface area contributed by atoms with Crippen molar-refractivity contribution in [3.05, 3.63) is 64.5 Å². The van der Waals surface area contributed by atoms with Crippen molar-refractivity contribution in [3.8, 4) is 6.07 Å². The predicted molar refractivity (Wildman–Crippen MR) is 114 cm³/mol. The number of carbonyl (C=O) groups excluding carboxylic acids is 1. The molecule has 3 N–H and O–H groups in total. The van der Waals surface area contributed by atoms with Crippen LogP contribution in [-0.4, -0.2) is 23.0 Å². The quantitative estimate of drug-likeness (QED) is 0.732. The van der Waals surface area contributed by atoms with Crippen molar-refractivity contribution in [3.63, 3.8) is 0 Å². The average Bonchev–Trinajstić information content (AvgIpc) is 3.53. The zero-order valence-electron chi connectivity index (χ0n) is 17.2. The first kappa shape index (κ1) is 19.2. The van der Waals surface area contributed by atoms with Crippen LogP contribution >= 0.6 is 0 Å². The Morgan fingerprint density at radius 1 is 1.17 bits per heavy atom. The van der Waals surface area contributed by atoms with Crippen LogP contribution in [0.1, 0.15) is 76.8 Å². The second-order valence-electron chi connectivity index (χ2n) is 8.97. The summed E-state index contributed by atoms with van der Waals surface area (Å²) >= 11 is 0. The first-order chi connectivity index (χ1) is 14.6. The third-order valence-electron chi connectivity index (χ3n) is 6.83. The highest BCUT2D eigenvalue weighted by Gasteiger charge is 2.41. The van der Waals surface area contributed by atoms with Gasteiger partial charge in [-0.25, -0.2) is 10.4 Å². The highest BCUT2D eigenvalue weighted by molar-refractivity contribution is 5.93. The Morgan fingerprint density at radius 3 is 2.77 bits per heavy atom. The predicted octanol–water partition coefficient (Wildman–Crippen LogP) is 3.26. The Morgan fingerprint density at radius 2 is 2.00 bits per heavy atom. The number of rotatable bonds is 4. The number of nitrogens with one attached hydrogen (secondary N) is 3. The third-order valence-corrected chi connectivity index (χ3v) is 6.83. The molecule has 0 spiro atoms. The number of aromatic nitrogens is 1. The molecule has 3 aliphatic rings. The summed E-state index contributed by atoms with van der Waals surface area (Å²) in [6.07, 6.45) is 7.00. The molecule has 6 heteroatoms. The summed E-state index contributed by atoms with van der Waals surface area (Å²) in [6.45, 7) is 1.83. The molecule has 2 heterocycles. The molecule has 2 saturated carbocycles. The smallest absolute Gasteiger partial charge is 0.270 e. The molecule has 6 nitrogen and oxygen atoms in total. The fraction of sp³-hybridized carbons (Fsp3) is 0.458. The Kier molecular flexibility index (Phi) is 5.01. The van der Waals surface area contributed by atoms with Crippen molar-refractivity contribution >= 4 is 5.91 Å². The van der Waals surface area contributed by atoms with Crippen molar-refractivity contribution in [2.75, 3.05) is 0 Å². The largest absolute Gasteiger partial charge is 0.348 e. The standard InChI is InChI=1S/C24H27N5O/c1-14-9-15(12-25)13-26-22(14)24(30)27-19-7-8-21-20(11-19)23(29-28-21)18-4-2-3-17(10-18)16-5-6-16/h2-4,9-10,13,16,19-21,23,28-29H,5-8,11H2,1H3,(H,27,30). The Hall–Kier alpha value is -2.75. The molecule has 2 aromatic rings. The molecule has 0 bridgehead atoms. The van der Waals surface area contributed by atoms with Gasteiger partial charge in [0.2, 0.25) is 0 Å². The minimum Gasteiger partial charge on any atom is -0.348 e. The van der Waals surface area contributed by atoms with Crippen molar-refractivity contribution in [1.29, 1.82) is 5.26 Å². The van der Waals surface area contributed by atoms with E-state index < -0.39 is 0 Å². The van der Waals surface area contributed by atoms with Crippen LogP contribution in [0.15, 0.2) is 36.5 Å². The SMILES string of the molecule is Cc1cc(C#N)cnc1C(=O)NC1CCC2NNC(c3cccc(C4CC4)c3)C2C1. The fourth-order valence-corrected chi connectivity index (χ4v) is 5.07. The number of amides is 1. The number of fused-ring (bicyclic) bond motifs is 1. The lowest BCUT2D eigenvalue weighted by molar-refractivity contribution is 0.0909. The van der Waals surface area contributed by atoms with E-state index in [4.69, 9.17) is 5.26 Å². The number of nitrogens with zero attached hydrogens (tertiary/aromatic N) is 2. The third kappa shape index (κ3) is 3.71. The van der Waals surface area contributed by atoms with E-state index in [1.54, 1.807) is 6.07 Å². The molecule has 154 valence electrons. The molecule has 4 unspecified atom stereocenters. The van der Waals surface area contributed by atoms with Crippen LogP contribution in [0.25, 0.3) is 0 Å².